The summed E-state index contributed by atoms with van der Waals surface area (Å²) in [6.45, 7) is 8.11. The molecule has 32 heavy (non-hydrogen) atoms. The van der Waals surface area contributed by atoms with Gasteiger partial charge in [0.25, 0.3) is 0 Å². The summed E-state index contributed by atoms with van der Waals surface area (Å²) in [5, 5.41) is 0. The molecular weight excluding hydrogens is 396 g/mol. The van der Waals surface area contributed by atoms with Gasteiger partial charge in [-0.2, -0.15) is 0 Å². The number of aryl methyl sites for hydroxylation is 4. The lowest BCUT2D eigenvalue weighted by atomic mass is 10.0. The van der Waals surface area contributed by atoms with E-state index in [0.29, 0.717) is 11.5 Å². The number of hydrogen-bond donors (Lipinski definition) is 0. The van der Waals surface area contributed by atoms with E-state index >= 15 is 0 Å². The molecule has 0 saturated carbocycles. The average Bonchev–Trinajstić information content (AvgIpc) is 2.77. The van der Waals surface area contributed by atoms with Crippen molar-refractivity contribution in [2.75, 3.05) is 0 Å². The Kier molecular flexibility index (Phi) is 6.09. The average molecular weight is 423 g/mol. The Balaban J connectivity index is 1.62. The van der Waals surface area contributed by atoms with Gasteiger partial charge in [-0.25, -0.2) is 4.79 Å². The largest absolute Gasteiger partial charge is 0.519 e. The highest BCUT2D eigenvalue weighted by Crippen LogP contribution is 2.34. The van der Waals surface area contributed by atoms with Crippen LogP contribution in [0.25, 0.3) is 22.3 Å². The van der Waals surface area contributed by atoms with E-state index in [1.165, 1.54) is 11.1 Å². The summed E-state index contributed by atoms with van der Waals surface area (Å²) in [6.07, 6.45) is -0.764. The van der Waals surface area contributed by atoms with Gasteiger partial charge in [0.05, 0.1) is 0 Å². The molecule has 0 radical (unpaired) electrons. The molecule has 4 aromatic rings. The second kappa shape index (κ2) is 9.11. The number of rotatable bonds is 4. The summed E-state index contributed by atoms with van der Waals surface area (Å²) in [4.78, 5) is 12.8. The van der Waals surface area contributed by atoms with Gasteiger partial charge in [0.15, 0.2) is 0 Å². The highest BCUT2D eigenvalue weighted by atomic mass is 16.7. The molecule has 0 unspecified atom stereocenters. The third-order valence-electron chi connectivity index (χ3n) is 5.38. The number of benzene rings is 4. The van der Waals surface area contributed by atoms with E-state index in [9.17, 15) is 4.79 Å². The van der Waals surface area contributed by atoms with E-state index in [-0.39, 0.29) is 0 Å². The van der Waals surface area contributed by atoms with Crippen molar-refractivity contribution in [3.8, 4) is 33.8 Å². The topological polar surface area (TPSA) is 35.5 Å². The van der Waals surface area contributed by atoms with Gasteiger partial charge in [-0.15, -0.1) is 0 Å². The van der Waals surface area contributed by atoms with Gasteiger partial charge in [0.1, 0.15) is 11.5 Å². The van der Waals surface area contributed by atoms with Gasteiger partial charge in [-0.05, 0) is 63.1 Å². The van der Waals surface area contributed by atoms with Crippen LogP contribution in [0, 0.1) is 27.7 Å². The monoisotopic (exact) mass is 422 g/mol. The number of carbonyl (C=O) groups is 1. The molecule has 4 aromatic carbocycles. The normalized spacial score (nSPS) is 10.6. The molecular formula is C29H26O3. The molecule has 0 N–H and O–H groups in total. The maximum absolute atomic E-state index is 12.8. The van der Waals surface area contributed by atoms with Gasteiger partial charge in [0.2, 0.25) is 0 Å². The third-order valence-corrected chi connectivity index (χ3v) is 5.38. The van der Waals surface area contributed by atoms with Gasteiger partial charge in [-0.3, -0.25) is 0 Å². The number of hydrogen-bond acceptors (Lipinski definition) is 3. The summed E-state index contributed by atoms with van der Waals surface area (Å²) < 4.78 is 11.3. The second-order valence-corrected chi connectivity index (χ2v) is 8.19. The SMILES string of the molecule is Cc1ccc(-c2cc(C)ccc2OC(=O)Oc2ccc(C)cc2-c2ccc(C)cc2)cc1. The molecule has 160 valence electrons. The van der Waals surface area contributed by atoms with Gasteiger partial charge >= 0.3 is 6.16 Å². The molecule has 0 aliphatic rings. The molecule has 0 aromatic heterocycles. The van der Waals surface area contributed by atoms with Crippen LogP contribution in [0.3, 0.4) is 0 Å². The zero-order valence-corrected chi connectivity index (χ0v) is 18.8. The number of ether oxygens (including phenoxy) is 2. The molecule has 0 bridgehead atoms. The van der Waals surface area contributed by atoms with Gasteiger partial charge in [0, 0.05) is 11.1 Å². The lowest BCUT2D eigenvalue weighted by Crippen LogP contribution is -2.15. The fraction of sp³-hybridized carbons (Fsp3) is 0.138. The van der Waals surface area contributed by atoms with Crippen molar-refractivity contribution in [2.45, 2.75) is 27.7 Å². The standard InChI is InChI=1S/C29H26O3/c1-19-5-11-23(12-6-19)25-17-21(3)9-15-27(25)31-29(30)32-28-16-10-22(4)18-26(28)24-13-7-20(2)8-14-24/h5-18H,1-4H3. The molecule has 3 nitrogen and oxygen atoms in total. The van der Waals surface area contributed by atoms with Crippen LogP contribution in [0.4, 0.5) is 4.79 Å². The number of carbonyl (C=O) groups excluding carboxylic acids is 1. The molecule has 3 heteroatoms. The Morgan fingerprint density at radius 2 is 0.844 bits per heavy atom. The van der Waals surface area contributed by atoms with E-state index < -0.39 is 6.16 Å². The Morgan fingerprint density at radius 3 is 1.22 bits per heavy atom. The van der Waals surface area contributed by atoms with E-state index in [1.807, 2.05) is 113 Å². The predicted molar refractivity (Wildman–Crippen MR) is 129 cm³/mol. The summed E-state index contributed by atoms with van der Waals surface area (Å²) in [5.41, 5.74) is 8.19. The highest BCUT2D eigenvalue weighted by Gasteiger charge is 2.16. The van der Waals surface area contributed by atoms with Crippen molar-refractivity contribution >= 4 is 6.16 Å². The lowest BCUT2D eigenvalue weighted by Gasteiger charge is -2.14. The van der Waals surface area contributed by atoms with Crippen molar-refractivity contribution < 1.29 is 14.3 Å². The van der Waals surface area contributed by atoms with Gasteiger partial charge in [-0.1, -0.05) is 82.9 Å². The van der Waals surface area contributed by atoms with Crippen LogP contribution in [-0.4, -0.2) is 6.16 Å². The summed E-state index contributed by atoms with van der Waals surface area (Å²) >= 11 is 0. The second-order valence-electron chi connectivity index (χ2n) is 8.19. The Bertz CT molecular complexity index is 1150. The van der Waals surface area contributed by atoms with E-state index in [2.05, 4.69) is 0 Å². The molecule has 0 saturated heterocycles. The van der Waals surface area contributed by atoms with Crippen LogP contribution >= 0.6 is 0 Å². The van der Waals surface area contributed by atoms with E-state index in [0.717, 1.165) is 33.4 Å². The van der Waals surface area contributed by atoms with Crippen LogP contribution < -0.4 is 9.47 Å². The minimum absolute atomic E-state index is 0.466. The Morgan fingerprint density at radius 1 is 0.500 bits per heavy atom. The summed E-state index contributed by atoms with van der Waals surface area (Å²) in [5.74, 6) is 0.932. The molecule has 0 spiro atoms. The summed E-state index contributed by atoms with van der Waals surface area (Å²) in [7, 11) is 0. The van der Waals surface area contributed by atoms with Crippen molar-refractivity contribution in [3.63, 3.8) is 0 Å². The first-order valence-electron chi connectivity index (χ1n) is 10.6. The van der Waals surface area contributed by atoms with E-state index in [4.69, 9.17) is 9.47 Å². The maximum atomic E-state index is 12.8. The van der Waals surface area contributed by atoms with Crippen molar-refractivity contribution in [2.24, 2.45) is 0 Å². The summed E-state index contributed by atoms with van der Waals surface area (Å²) in [6, 6.07) is 27.7. The highest BCUT2D eigenvalue weighted by molar-refractivity contribution is 5.79. The van der Waals surface area contributed by atoms with E-state index in [1.54, 1.807) is 0 Å². The minimum Gasteiger partial charge on any atom is -0.394 e. The van der Waals surface area contributed by atoms with Gasteiger partial charge < -0.3 is 9.47 Å². The van der Waals surface area contributed by atoms with Crippen molar-refractivity contribution in [1.29, 1.82) is 0 Å². The van der Waals surface area contributed by atoms with Crippen LogP contribution in [-0.2, 0) is 0 Å². The molecule has 0 amide bonds. The van der Waals surface area contributed by atoms with Crippen LogP contribution in [0.15, 0.2) is 84.9 Å². The van der Waals surface area contributed by atoms with Crippen molar-refractivity contribution in [3.05, 3.63) is 107 Å². The first kappa shape index (κ1) is 21.4. The third kappa shape index (κ3) is 4.89. The molecule has 0 atom stereocenters. The zero-order valence-electron chi connectivity index (χ0n) is 18.8. The van der Waals surface area contributed by atoms with Crippen LogP contribution in [0.5, 0.6) is 11.5 Å². The minimum atomic E-state index is -0.764. The van der Waals surface area contributed by atoms with Crippen LogP contribution in [0.1, 0.15) is 22.3 Å². The first-order valence-corrected chi connectivity index (χ1v) is 10.6. The first-order chi connectivity index (χ1) is 15.4. The molecule has 0 fully saturated rings. The predicted octanol–water partition coefficient (Wildman–Crippen LogP) is 7.83. The smallest absolute Gasteiger partial charge is 0.394 e. The Hall–Kier alpha value is -3.85. The fourth-order valence-electron chi connectivity index (χ4n) is 3.58. The molecule has 4 rings (SSSR count). The zero-order chi connectivity index (χ0) is 22.7. The Labute approximate surface area is 189 Å². The lowest BCUT2D eigenvalue weighted by molar-refractivity contribution is 0.152. The maximum Gasteiger partial charge on any atom is 0.519 e. The quantitative estimate of drug-likeness (QED) is 0.248. The van der Waals surface area contributed by atoms with Crippen LogP contribution in [0.2, 0.25) is 0 Å². The molecule has 0 heterocycles. The molecule has 0 aliphatic heterocycles. The molecule has 0 aliphatic carbocycles. The fourth-order valence-corrected chi connectivity index (χ4v) is 3.58. The van der Waals surface area contributed by atoms with Crippen molar-refractivity contribution in [1.82, 2.24) is 0 Å².